The Bertz CT molecular complexity index is 251. The van der Waals surface area contributed by atoms with Gasteiger partial charge in [-0.3, -0.25) is 4.79 Å². The molecule has 1 atom stereocenters. The van der Waals surface area contributed by atoms with Crippen LogP contribution in [0.1, 0.15) is 52.9 Å². The summed E-state index contributed by atoms with van der Waals surface area (Å²) < 4.78 is 5.28. The Hall–Kier alpha value is -0.610. The maximum Gasteiger partial charge on any atom is 0.234 e. The van der Waals surface area contributed by atoms with Crippen molar-refractivity contribution in [3.63, 3.8) is 0 Å². The van der Waals surface area contributed by atoms with Gasteiger partial charge >= 0.3 is 0 Å². The molecule has 1 rings (SSSR count). The minimum absolute atomic E-state index is 0.114. The van der Waals surface area contributed by atoms with Gasteiger partial charge in [-0.15, -0.1) is 0 Å². The first kappa shape index (κ1) is 16.4. The van der Waals surface area contributed by atoms with E-state index in [1.54, 1.807) is 0 Å². The summed E-state index contributed by atoms with van der Waals surface area (Å²) >= 11 is 0. The molecule has 0 saturated carbocycles. The van der Waals surface area contributed by atoms with Gasteiger partial charge in [-0.25, -0.2) is 0 Å². The summed E-state index contributed by atoms with van der Waals surface area (Å²) in [6, 6.07) is 0.721. The van der Waals surface area contributed by atoms with E-state index in [0.717, 1.165) is 38.4 Å². The van der Waals surface area contributed by atoms with Crippen LogP contribution in [0.5, 0.6) is 0 Å². The van der Waals surface area contributed by atoms with Crippen LogP contribution in [0.2, 0.25) is 0 Å². The summed E-state index contributed by atoms with van der Waals surface area (Å²) in [5, 5.41) is 6.37. The van der Waals surface area contributed by atoms with Gasteiger partial charge < -0.3 is 15.4 Å². The van der Waals surface area contributed by atoms with Crippen molar-refractivity contribution in [1.29, 1.82) is 0 Å². The molecule has 1 aliphatic rings. The van der Waals surface area contributed by atoms with Crippen LogP contribution in [0.15, 0.2) is 0 Å². The largest absolute Gasteiger partial charge is 0.381 e. The lowest BCUT2D eigenvalue weighted by atomic mass is 10.0. The average molecular weight is 270 g/mol. The smallest absolute Gasteiger partial charge is 0.234 e. The summed E-state index contributed by atoms with van der Waals surface area (Å²) in [6.07, 6.45) is 5.52. The molecule has 0 aromatic rings. The molecule has 1 heterocycles. The molecule has 0 aromatic heterocycles. The first-order valence-electron chi connectivity index (χ1n) is 7.68. The third kappa shape index (κ3) is 8.22. The molecule has 19 heavy (non-hydrogen) atoms. The van der Waals surface area contributed by atoms with Crippen molar-refractivity contribution < 1.29 is 9.53 Å². The van der Waals surface area contributed by atoms with Crippen LogP contribution in [0.25, 0.3) is 0 Å². The summed E-state index contributed by atoms with van der Waals surface area (Å²) in [5.74, 6) is 0.881. The van der Waals surface area contributed by atoms with E-state index < -0.39 is 0 Å². The van der Waals surface area contributed by atoms with Crippen molar-refractivity contribution in [2.75, 3.05) is 19.8 Å². The molecule has 2 N–H and O–H groups in total. The first-order valence-corrected chi connectivity index (χ1v) is 7.68. The number of hydrogen-bond acceptors (Lipinski definition) is 3. The number of ether oxygens (including phenoxy) is 1. The van der Waals surface area contributed by atoms with Gasteiger partial charge in [-0.1, -0.05) is 26.7 Å². The van der Waals surface area contributed by atoms with Crippen LogP contribution < -0.4 is 10.6 Å². The average Bonchev–Trinajstić information content (AvgIpc) is 2.37. The van der Waals surface area contributed by atoms with Gasteiger partial charge in [0.15, 0.2) is 0 Å². The molecule has 1 unspecified atom stereocenters. The van der Waals surface area contributed by atoms with Gasteiger partial charge in [-0.05, 0) is 32.1 Å². The quantitative estimate of drug-likeness (QED) is 0.710. The molecule has 4 heteroatoms. The highest BCUT2D eigenvalue weighted by molar-refractivity contribution is 5.78. The zero-order valence-electron chi connectivity index (χ0n) is 12.7. The Morgan fingerprint density at radius 3 is 2.53 bits per heavy atom. The van der Waals surface area contributed by atoms with E-state index in [1.807, 2.05) is 0 Å². The third-order valence-electron chi connectivity index (χ3n) is 3.62. The molecule has 0 aliphatic carbocycles. The highest BCUT2D eigenvalue weighted by Gasteiger charge is 2.16. The molecular formula is C15H30N2O2. The fourth-order valence-corrected chi connectivity index (χ4v) is 2.32. The van der Waals surface area contributed by atoms with Crippen molar-refractivity contribution in [1.82, 2.24) is 10.6 Å². The van der Waals surface area contributed by atoms with Gasteiger partial charge in [0.05, 0.1) is 6.54 Å². The van der Waals surface area contributed by atoms with E-state index in [1.165, 1.54) is 12.8 Å². The molecule has 4 nitrogen and oxygen atoms in total. The predicted octanol–water partition coefficient (Wildman–Crippen LogP) is 2.09. The molecule has 0 bridgehead atoms. The van der Waals surface area contributed by atoms with Crippen LogP contribution in [0, 0.1) is 5.92 Å². The Labute approximate surface area is 117 Å². The molecule has 1 saturated heterocycles. The van der Waals surface area contributed by atoms with Crippen molar-refractivity contribution in [2.24, 2.45) is 5.92 Å². The predicted molar refractivity (Wildman–Crippen MR) is 78.1 cm³/mol. The SMILES string of the molecule is CC(C)CCCC(C)NCC(=O)NC1CCOCC1. The number of rotatable bonds is 8. The number of hydrogen-bond donors (Lipinski definition) is 2. The maximum atomic E-state index is 11.8. The lowest BCUT2D eigenvalue weighted by molar-refractivity contribution is -0.121. The Balaban J connectivity index is 2.04. The second-order valence-electron chi connectivity index (χ2n) is 6.06. The zero-order chi connectivity index (χ0) is 14.1. The standard InChI is InChI=1S/C15H30N2O2/c1-12(2)5-4-6-13(3)16-11-15(18)17-14-7-9-19-10-8-14/h12-14,16H,4-11H2,1-3H3,(H,17,18). The van der Waals surface area contributed by atoms with Crippen molar-refractivity contribution in [3.05, 3.63) is 0 Å². The Kier molecular flexibility index (Phi) is 8.07. The zero-order valence-corrected chi connectivity index (χ0v) is 12.7. The van der Waals surface area contributed by atoms with Crippen molar-refractivity contribution in [3.8, 4) is 0 Å². The molecule has 1 amide bonds. The Morgan fingerprint density at radius 2 is 1.89 bits per heavy atom. The minimum atomic E-state index is 0.114. The van der Waals surface area contributed by atoms with E-state index >= 15 is 0 Å². The summed E-state index contributed by atoms with van der Waals surface area (Å²) in [4.78, 5) is 11.8. The van der Waals surface area contributed by atoms with Crippen LogP contribution in [-0.2, 0) is 9.53 Å². The summed E-state index contributed by atoms with van der Waals surface area (Å²) in [7, 11) is 0. The lowest BCUT2D eigenvalue weighted by Gasteiger charge is -2.23. The van der Waals surface area contributed by atoms with Crippen LogP contribution >= 0.6 is 0 Å². The van der Waals surface area contributed by atoms with Gasteiger partial charge in [-0.2, -0.15) is 0 Å². The minimum Gasteiger partial charge on any atom is -0.381 e. The number of amides is 1. The number of carbonyl (C=O) groups excluding carboxylic acids is 1. The maximum absolute atomic E-state index is 11.8. The fourth-order valence-electron chi connectivity index (χ4n) is 2.32. The van der Waals surface area contributed by atoms with E-state index in [4.69, 9.17) is 4.74 Å². The highest BCUT2D eigenvalue weighted by atomic mass is 16.5. The van der Waals surface area contributed by atoms with E-state index in [9.17, 15) is 4.79 Å². The van der Waals surface area contributed by atoms with Gasteiger partial charge in [0, 0.05) is 25.3 Å². The topological polar surface area (TPSA) is 50.4 Å². The van der Waals surface area contributed by atoms with Gasteiger partial charge in [0.2, 0.25) is 5.91 Å². The van der Waals surface area contributed by atoms with Crippen molar-refractivity contribution in [2.45, 2.75) is 65.0 Å². The van der Waals surface area contributed by atoms with Crippen LogP contribution in [0.3, 0.4) is 0 Å². The van der Waals surface area contributed by atoms with Crippen LogP contribution in [-0.4, -0.2) is 37.7 Å². The lowest BCUT2D eigenvalue weighted by Crippen LogP contribution is -2.44. The third-order valence-corrected chi connectivity index (χ3v) is 3.62. The highest BCUT2D eigenvalue weighted by Crippen LogP contribution is 2.08. The second-order valence-corrected chi connectivity index (χ2v) is 6.06. The monoisotopic (exact) mass is 270 g/mol. The second kappa shape index (κ2) is 9.32. The van der Waals surface area contributed by atoms with E-state index in [-0.39, 0.29) is 5.91 Å². The molecule has 1 fully saturated rings. The number of nitrogens with one attached hydrogen (secondary N) is 2. The molecule has 1 aliphatic heterocycles. The van der Waals surface area contributed by atoms with E-state index in [2.05, 4.69) is 31.4 Å². The molecule has 0 aromatic carbocycles. The Morgan fingerprint density at radius 1 is 1.21 bits per heavy atom. The molecule has 112 valence electrons. The first-order chi connectivity index (χ1) is 9.08. The summed E-state index contributed by atoms with van der Waals surface area (Å²) in [5.41, 5.74) is 0. The molecule has 0 radical (unpaired) electrons. The fraction of sp³-hybridized carbons (Fsp3) is 0.933. The molecule has 0 spiro atoms. The normalized spacial score (nSPS) is 18.5. The van der Waals surface area contributed by atoms with Crippen LogP contribution in [0.4, 0.5) is 0 Å². The van der Waals surface area contributed by atoms with E-state index in [0.29, 0.717) is 18.6 Å². The summed E-state index contributed by atoms with van der Waals surface area (Å²) in [6.45, 7) is 8.62. The van der Waals surface area contributed by atoms with Crippen molar-refractivity contribution >= 4 is 5.91 Å². The van der Waals surface area contributed by atoms with Gasteiger partial charge in [0.25, 0.3) is 0 Å². The number of carbonyl (C=O) groups is 1. The molecular weight excluding hydrogens is 240 g/mol. The van der Waals surface area contributed by atoms with Gasteiger partial charge in [0.1, 0.15) is 0 Å².